The SMILES string of the molecule is CCN(CC)C(=O)c1cc(NCC(O)COC)ccn1. The van der Waals surface area contributed by atoms with Crippen LogP contribution in [-0.4, -0.2) is 60.4 Å². The first-order chi connectivity index (χ1) is 9.62. The number of pyridine rings is 1. The second-order valence-electron chi connectivity index (χ2n) is 4.40. The number of hydrogen-bond donors (Lipinski definition) is 2. The molecule has 1 unspecified atom stereocenters. The van der Waals surface area contributed by atoms with Gasteiger partial charge in [0, 0.05) is 38.6 Å². The lowest BCUT2D eigenvalue weighted by Gasteiger charge is -2.18. The van der Waals surface area contributed by atoms with E-state index in [1.54, 1.807) is 23.2 Å². The van der Waals surface area contributed by atoms with Gasteiger partial charge in [0.05, 0.1) is 12.7 Å². The summed E-state index contributed by atoms with van der Waals surface area (Å²) in [5.74, 6) is -0.0870. The van der Waals surface area contributed by atoms with Gasteiger partial charge in [-0.05, 0) is 26.0 Å². The molecule has 1 aromatic rings. The van der Waals surface area contributed by atoms with E-state index in [1.807, 2.05) is 13.8 Å². The van der Waals surface area contributed by atoms with Crippen molar-refractivity contribution in [3.8, 4) is 0 Å². The molecule has 0 spiro atoms. The second-order valence-corrected chi connectivity index (χ2v) is 4.40. The number of ether oxygens (including phenoxy) is 1. The Balaban J connectivity index is 2.68. The number of amides is 1. The first-order valence-corrected chi connectivity index (χ1v) is 6.78. The lowest BCUT2D eigenvalue weighted by atomic mass is 10.2. The molecule has 6 nitrogen and oxygen atoms in total. The Labute approximate surface area is 119 Å². The van der Waals surface area contributed by atoms with Gasteiger partial charge in [-0.3, -0.25) is 9.78 Å². The molecule has 0 bridgehead atoms. The zero-order valence-electron chi connectivity index (χ0n) is 12.3. The molecule has 0 aromatic carbocycles. The van der Waals surface area contributed by atoms with Crippen molar-refractivity contribution >= 4 is 11.6 Å². The van der Waals surface area contributed by atoms with Crippen molar-refractivity contribution in [1.82, 2.24) is 9.88 Å². The van der Waals surface area contributed by atoms with Gasteiger partial charge in [0.15, 0.2) is 0 Å². The van der Waals surface area contributed by atoms with E-state index in [1.165, 1.54) is 7.11 Å². The molecule has 0 saturated carbocycles. The minimum atomic E-state index is -0.588. The third-order valence-electron chi connectivity index (χ3n) is 2.93. The molecule has 1 aromatic heterocycles. The molecule has 0 aliphatic heterocycles. The van der Waals surface area contributed by atoms with Gasteiger partial charge in [0.1, 0.15) is 5.69 Å². The molecule has 0 saturated heterocycles. The van der Waals surface area contributed by atoms with Crippen LogP contribution in [0.5, 0.6) is 0 Å². The predicted octanol–water partition coefficient (Wildman–Crippen LogP) is 0.983. The Bertz CT molecular complexity index is 422. The summed E-state index contributed by atoms with van der Waals surface area (Å²) in [4.78, 5) is 18.0. The van der Waals surface area contributed by atoms with Gasteiger partial charge in [0.25, 0.3) is 5.91 Å². The normalized spacial score (nSPS) is 12.0. The van der Waals surface area contributed by atoms with E-state index in [2.05, 4.69) is 10.3 Å². The quantitative estimate of drug-likeness (QED) is 0.743. The Morgan fingerprint density at radius 2 is 2.20 bits per heavy atom. The van der Waals surface area contributed by atoms with Crippen LogP contribution in [0.3, 0.4) is 0 Å². The lowest BCUT2D eigenvalue weighted by molar-refractivity contribution is 0.0727. The zero-order chi connectivity index (χ0) is 15.0. The van der Waals surface area contributed by atoms with E-state index in [9.17, 15) is 9.90 Å². The van der Waals surface area contributed by atoms with Gasteiger partial charge in [0.2, 0.25) is 0 Å². The summed E-state index contributed by atoms with van der Waals surface area (Å²) >= 11 is 0. The molecule has 112 valence electrons. The van der Waals surface area contributed by atoms with Crippen molar-refractivity contribution in [3.63, 3.8) is 0 Å². The molecular weight excluding hydrogens is 258 g/mol. The van der Waals surface area contributed by atoms with Gasteiger partial charge < -0.3 is 20.1 Å². The summed E-state index contributed by atoms with van der Waals surface area (Å²) in [5, 5.41) is 12.6. The highest BCUT2D eigenvalue weighted by atomic mass is 16.5. The Kier molecular flexibility index (Phi) is 6.97. The number of anilines is 1. The molecule has 1 amide bonds. The molecule has 0 aliphatic rings. The van der Waals surface area contributed by atoms with Gasteiger partial charge in [-0.15, -0.1) is 0 Å². The number of hydrogen-bond acceptors (Lipinski definition) is 5. The number of methoxy groups -OCH3 is 1. The largest absolute Gasteiger partial charge is 0.389 e. The minimum absolute atomic E-state index is 0.0870. The van der Waals surface area contributed by atoms with Crippen LogP contribution in [0.15, 0.2) is 18.3 Å². The van der Waals surface area contributed by atoms with Gasteiger partial charge in [-0.2, -0.15) is 0 Å². The van der Waals surface area contributed by atoms with E-state index in [-0.39, 0.29) is 12.5 Å². The van der Waals surface area contributed by atoms with E-state index >= 15 is 0 Å². The number of carbonyl (C=O) groups is 1. The Morgan fingerprint density at radius 3 is 2.80 bits per heavy atom. The number of aliphatic hydroxyl groups excluding tert-OH is 1. The first kappa shape index (κ1) is 16.4. The fourth-order valence-electron chi connectivity index (χ4n) is 1.82. The maximum atomic E-state index is 12.2. The van der Waals surface area contributed by atoms with Crippen LogP contribution >= 0.6 is 0 Å². The van der Waals surface area contributed by atoms with Crippen LogP contribution in [0, 0.1) is 0 Å². The topological polar surface area (TPSA) is 74.7 Å². The summed E-state index contributed by atoms with van der Waals surface area (Å²) in [6.07, 6.45) is 0.997. The standard InChI is InChI=1S/C14H23N3O3/c1-4-17(5-2)14(19)13-8-11(6-7-15-13)16-9-12(18)10-20-3/h6-8,12,18H,4-5,9-10H2,1-3H3,(H,15,16). The van der Waals surface area contributed by atoms with Gasteiger partial charge >= 0.3 is 0 Å². The Hall–Kier alpha value is -1.66. The highest BCUT2D eigenvalue weighted by molar-refractivity contribution is 5.93. The fraction of sp³-hybridized carbons (Fsp3) is 0.571. The number of aromatic nitrogens is 1. The van der Waals surface area contributed by atoms with E-state index < -0.39 is 6.10 Å². The van der Waals surface area contributed by atoms with Crippen molar-refractivity contribution in [1.29, 1.82) is 0 Å². The molecule has 1 atom stereocenters. The number of nitrogens with one attached hydrogen (secondary N) is 1. The average Bonchev–Trinajstić information content (AvgIpc) is 2.47. The van der Waals surface area contributed by atoms with Crippen LogP contribution < -0.4 is 5.32 Å². The monoisotopic (exact) mass is 281 g/mol. The third-order valence-corrected chi connectivity index (χ3v) is 2.93. The maximum Gasteiger partial charge on any atom is 0.272 e. The molecule has 0 radical (unpaired) electrons. The highest BCUT2D eigenvalue weighted by Gasteiger charge is 2.14. The summed E-state index contributed by atoms with van der Waals surface area (Å²) in [6, 6.07) is 3.46. The van der Waals surface area contributed by atoms with Crippen LogP contribution in [0.1, 0.15) is 24.3 Å². The van der Waals surface area contributed by atoms with E-state index in [0.717, 1.165) is 5.69 Å². The molecular formula is C14H23N3O3. The molecule has 1 rings (SSSR count). The molecule has 1 heterocycles. The molecule has 0 aliphatic carbocycles. The predicted molar refractivity (Wildman–Crippen MR) is 77.9 cm³/mol. The van der Waals surface area contributed by atoms with E-state index in [0.29, 0.717) is 25.3 Å². The number of rotatable bonds is 8. The molecule has 0 fully saturated rings. The smallest absolute Gasteiger partial charge is 0.272 e. The summed E-state index contributed by atoms with van der Waals surface area (Å²) in [7, 11) is 1.54. The lowest BCUT2D eigenvalue weighted by Crippen LogP contribution is -2.31. The van der Waals surface area contributed by atoms with Crippen molar-refractivity contribution in [2.45, 2.75) is 20.0 Å². The van der Waals surface area contributed by atoms with Crippen molar-refractivity contribution in [2.24, 2.45) is 0 Å². The van der Waals surface area contributed by atoms with Crippen LogP contribution in [-0.2, 0) is 4.74 Å². The summed E-state index contributed by atoms with van der Waals surface area (Å²) in [6.45, 7) is 5.80. The first-order valence-electron chi connectivity index (χ1n) is 6.78. The van der Waals surface area contributed by atoms with Crippen molar-refractivity contribution in [3.05, 3.63) is 24.0 Å². The van der Waals surface area contributed by atoms with Crippen LogP contribution in [0.2, 0.25) is 0 Å². The number of carbonyl (C=O) groups excluding carboxylic acids is 1. The highest BCUT2D eigenvalue weighted by Crippen LogP contribution is 2.10. The maximum absolute atomic E-state index is 12.2. The van der Waals surface area contributed by atoms with Crippen molar-refractivity contribution in [2.75, 3.05) is 38.7 Å². The minimum Gasteiger partial charge on any atom is -0.389 e. The Morgan fingerprint density at radius 1 is 1.50 bits per heavy atom. The van der Waals surface area contributed by atoms with Crippen LogP contribution in [0.4, 0.5) is 5.69 Å². The van der Waals surface area contributed by atoms with Gasteiger partial charge in [-0.1, -0.05) is 0 Å². The zero-order valence-corrected chi connectivity index (χ0v) is 12.3. The van der Waals surface area contributed by atoms with Gasteiger partial charge in [-0.25, -0.2) is 0 Å². The van der Waals surface area contributed by atoms with E-state index in [4.69, 9.17) is 4.74 Å². The fourth-order valence-corrected chi connectivity index (χ4v) is 1.82. The third kappa shape index (κ3) is 4.79. The summed E-state index contributed by atoms with van der Waals surface area (Å²) < 4.78 is 4.85. The number of nitrogens with zero attached hydrogens (tertiary/aromatic N) is 2. The molecule has 6 heteroatoms. The summed E-state index contributed by atoms with van der Waals surface area (Å²) in [5.41, 5.74) is 1.16. The molecule has 2 N–H and O–H groups in total. The number of aliphatic hydroxyl groups is 1. The molecule has 20 heavy (non-hydrogen) atoms. The van der Waals surface area contributed by atoms with Crippen molar-refractivity contribution < 1.29 is 14.6 Å². The average molecular weight is 281 g/mol. The second kappa shape index (κ2) is 8.50. The van der Waals surface area contributed by atoms with Crippen LogP contribution in [0.25, 0.3) is 0 Å².